The van der Waals surface area contributed by atoms with Crippen molar-refractivity contribution < 1.29 is 6.85 Å². The summed E-state index contributed by atoms with van der Waals surface area (Å²) in [5.74, 6) is 1.02. The van der Waals surface area contributed by atoms with Crippen LogP contribution < -0.4 is 0 Å². The molecule has 0 radical (unpaired) electrons. The molecule has 0 saturated heterocycles. The first-order chi connectivity index (χ1) is 23.4. The third kappa shape index (κ3) is 4.14. The highest BCUT2D eigenvalue weighted by molar-refractivity contribution is 6.22. The van der Waals surface area contributed by atoms with Crippen molar-refractivity contribution in [1.29, 1.82) is 0 Å². The van der Waals surface area contributed by atoms with Crippen LogP contribution in [0.15, 0.2) is 152 Å². The lowest BCUT2D eigenvalue weighted by Gasteiger charge is -2.20. The van der Waals surface area contributed by atoms with E-state index in [1.165, 1.54) is 0 Å². The number of nitrogens with zero attached hydrogens (tertiary/aromatic N) is 2. The summed E-state index contributed by atoms with van der Waals surface area (Å²) in [7, 11) is 0. The number of aromatic nitrogens is 2. The minimum Gasteiger partial charge on any atom is -0.296 e. The molecule has 0 amide bonds. The summed E-state index contributed by atoms with van der Waals surface area (Å²) < 4.78 is 44.6. The van der Waals surface area contributed by atoms with Gasteiger partial charge in [0.15, 0.2) is 0 Å². The van der Waals surface area contributed by atoms with Crippen LogP contribution in [0.4, 0.5) is 0 Å². The van der Waals surface area contributed by atoms with E-state index in [1.807, 2.05) is 60.7 Å². The number of aryl methyl sites for hydroxylation is 1. The van der Waals surface area contributed by atoms with Gasteiger partial charge in [-0.05, 0) is 79.2 Å². The third-order valence-electron chi connectivity index (χ3n) is 8.26. The van der Waals surface area contributed by atoms with Crippen LogP contribution in [0, 0.1) is 0 Å². The smallest absolute Gasteiger partial charge is 0.114 e. The Morgan fingerprint density at radius 2 is 1.12 bits per heavy atom. The molecule has 0 unspecified atom stereocenters. The van der Waals surface area contributed by atoms with E-state index in [0.29, 0.717) is 5.56 Å². The van der Waals surface area contributed by atoms with Crippen molar-refractivity contribution in [3.8, 4) is 39.1 Å². The molecular weight excluding hydrogens is 520 g/mol. The average Bonchev–Trinajstić information content (AvgIpc) is 3.51. The van der Waals surface area contributed by atoms with Crippen molar-refractivity contribution in [2.45, 2.75) is 13.3 Å². The van der Waals surface area contributed by atoms with E-state index in [0.717, 1.165) is 72.8 Å². The maximum absolute atomic E-state index is 8.77. The van der Waals surface area contributed by atoms with Gasteiger partial charge in [0.1, 0.15) is 5.82 Å². The molecular formula is C41H30N2. The summed E-state index contributed by atoms with van der Waals surface area (Å²) >= 11 is 0. The van der Waals surface area contributed by atoms with Crippen LogP contribution in [0.1, 0.15) is 19.6 Å². The van der Waals surface area contributed by atoms with E-state index >= 15 is 0 Å². The maximum atomic E-state index is 8.77. The molecule has 0 saturated carbocycles. The molecule has 0 spiro atoms. The number of rotatable bonds is 5. The lowest BCUT2D eigenvalue weighted by molar-refractivity contribution is 0.908. The van der Waals surface area contributed by atoms with Crippen LogP contribution in [0.25, 0.3) is 71.6 Å². The molecule has 1 heterocycles. The highest BCUT2D eigenvalue weighted by atomic mass is 15.1. The molecule has 0 atom stereocenters. The molecule has 43 heavy (non-hydrogen) atoms. The van der Waals surface area contributed by atoms with Gasteiger partial charge in [-0.2, -0.15) is 0 Å². The quantitative estimate of drug-likeness (QED) is 0.193. The Morgan fingerprint density at radius 3 is 1.77 bits per heavy atom. The Balaban J connectivity index is 1.38. The predicted molar refractivity (Wildman–Crippen MR) is 182 cm³/mol. The van der Waals surface area contributed by atoms with Gasteiger partial charge < -0.3 is 0 Å². The monoisotopic (exact) mass is 555 g/mol. The van der Waals surface area contributed by atoms with Gasteiger partial charge in [0.2, 0.25) is 0 Å². The van der Waals surface area contributed by atoms with Crippen molar-refractivity contribution in [2.24, 2.45) is 0 Å². The van der Waals surface area contributed by atoms with E-state index in [4.69, 9.17) is 11.8 Å². The molecule has 0 aliphatic carbocycles. The van der Waals surface area contributed by atoms with Crippen LogP contribution in [-0.4, -0.2) is 9.55 Å². The fourth-order valence-electron chi connectivity index (χ4n) is 6.41. The normalized spacial score (nSPS) is 13.1. The predicted octanol–water partition coefficient (Wildman–Crippen LogP) is 10.9. The van der Waals surface area contributed by atoms with Gasteiger partial charge in [-0.15, -0.1) is 0 Å². The van der Waals surface area contributed by atoms with Crippen LogP contribution in [0.5, 0.6) is 0 Å². The summed E-state index contributed by atoms with van der Waals surface area (Å²) in [5.41, 5.74) is 7.88. The number of benzene rings is 7. The highest BCUT2D eigenvalue weighted by Gasteiger charge is 2.19. The SMILES string of the molecule is [2H]c1c([2H])c([2H])c(-c2ccccc2-c2c3ccccc3c(-c3ccc(-n4c(CC)nc5ccccc54)cc3)c3ccccc23)c([2H])c1[2H]. The Hall–Kier alpha value is -5.47. The number of hydrogen-bond donors (Lipinski definition) is 0. The second-order valence-electron chi connectivity index (χ2n) is 10.6. The summed E-state index contributed by atoms with van der Waals surface area (Å²) in [6, 6.07) is 39.7. The third-order valence-corrected chi connectivity index (χ3v) is 8.26. The van der Waals surface area contributed by atoms with Crippen LogP contribution in [-0.2, 0) is 6.42 Å². The lowest BCUT2D eigenvalue weighted by Crippen LogP contribution is -2.00. The zero-order chi connectivity index (χ0) is 33.1. The van der Waals surface area contributed by atoms with E-state index in [9.17, 15) is 0 Å². The Kier molecular flexibility index (Phi) is 4.95. The highest BCUT2D eigenvalue weighted by Crippen LogP contribution is 2.46. The van der Waals surface area contributed by atoms with Crippen LogP contribution in [0.3, 0.4) is 0 Å². The molecule has 0 bridgehead atoms. The first-order valence-electron chi connectivity index (χ1n) is 17.1. The molecule has 0 fully saturated rings. The second kappa shape index (κ2) is 10.4. The summed E-state index contributed by atoms with van der Waals surface area (Å²) in [5, 5.41) is 4.17. The molecule has 7 aromatic carbocycles. The molecule has 8 aromatic rings. The number of fused-ring (bicyclic) bond motifs is 3. The summed E-state index contributed by atoms with van der Waals surface area (Å²) in [4.78, 5) is 4.87. The molecule has 2 nitrogen and oxygen atoms in total. The lowest BCUT2D eigenvalue weighted by atomic mass is 9.84. The molecule has 2 heteroatoms. The fraction of sp³-hybridized carbons (Fsp3) is 0.0488. The number of imidazole rings is 1. The van der Waals surface area contributed by atoms with Crippen molar-refractivity contribution in [1.82, 2.24) is 9.55 Å². The average molecular weight is 556 g/mol. The fourth-order valence-corrected chi connectivity index (χ4v) is 6.41. The minimum absolute atomic E-state index is 0.197. The molecule has 0 N–H and O–H groups in total. The molecule has 204 valence electrons. The van der Waals surface area contributed by atoms with E-state index in [-0.39, 0.29) is 29.7 Å². The molecule has 0 aliphatic heterocycles. The molecule has 8 rings (SSSR count). The van der Waals surface area contributed by atoms with Crippen molar-refractivity contribution >= 4 is 32.6 Å². The van der Waals surface area contributed by atoms with Gasteiger partial charge in [0, 0.05) is 12.1 Å². The topological polar surface area (TPSA) is 17.8 Å². The van der Waals surface area contributed by atoms with Gasteiger partial charge in [-0.1, -0.05) is 134 Å². The van der Waals surface area contributed by atoms with Gasteiger partial charge in [0.25, 0.3) is 0 Å². The summed E-state index contributed by atoms with van der Waals surface area (Å²) in [6.45, 7) is 2.13. The molecule has 1 aromatic heterocycles. The Labute approximate surface area is 258 Å². The number of hydrogen-bond acceptors (Lipinski definition) is 1. The van der Waals surface area contributed by atoms with E-state index in [2.05, 4.69) is 72.2 Å². The van der Waals surface area contributed by atoms with Gasteiger partial charge in [-0.25, -0.2) is 4.98 Å². The Morgan fingerprint density at radius 1 is 0.558 bits per heavy atom. The van der Waals surface area contributed by atoms with Gasteiger partial charge in [0.05, 0.1) is 17.9 Å². The maximum Gasteiger partial charge on any atom is 0.114 e. The molecule has 0 aliphatic rings. The van der Waals surface area contributed by atoms with E-state index in [1.54, 1.807) is 0 Å². The van der Waals surface area contributed by atoms with Crippen LogP contribution >= 0.6 is 0 Å². The Bertz CT molecular complexity index is 2470. The summed E-state index contributed by atoms with van der Waals surface area (Å²) in [6.07, 6.45) is 0.817. The zero-order valence-corrected chi connectivity index (χ0v) is 23.6. The van der Waals surface area contributed by atoms with Crippen molar-refractivity contribution in [2.75, 3.05) is 0 Å². The first-order valence-corrected chi connectivity index (χ1v) is 14.6. The van der Waals surface area contributed by atoms with Gasteiger partial charge >= 0.3 is 0 Å². The van der Waals surface area contributed by atoms with Crippen LogP contribution in [0.2, 0.25) is 0 Å². The second-order valence-corrected chi connectivity index (χ2v) is 10.6. The van der Waals surface area contributed by atoms with Crippen molar-refractivity contribution in [3.63, 3.8) is 0 Å². The van der Waals surface area contributed by atoms with Crippen molar-refractivity contribution in [3.05, 3.63) is 157 Å². The minimum atomic E-state index is -0.398. The van der Waals surface area contributed by atoms with Gasteiger partial charge in [-0.3, -0.25) is 4.57 Å². The first kappa shape index (κ1) is 20.4. The largest absolute Gasteiger partial charge is 0.296 e. The number of para-hydroxylation sites is 2. The van der Waals surface area contributed by atoms with E-state index < -0.39 is 6.04 Å². The standard InChI is InChI=1S/C41H30N2/c1-2-39-42-37-22-12-13-23-38(37)43(39)30-26-24-29(25-27-30)40-33-18-8-10-20-35(33)41(36-21-11-9-19-34(36)40)32-17-7-6-16-31(32)28-14-4-3-5-15-28/h3-27H,2H2,1H3/i3D,4D,5D,14D,15D. The zero-order valence-electron chi connectivity index (χ0n) is 28.6.